The molecule has 2 aromatic rings. The zero-order valence-electron chi connectivity index (χ0n) is 9.97. The predicted molar refractivity (Wildman–Crippen MR) is 68.4 cm³/mol. The summed E-state index contributed by atoms with van der Waals surface area (Å²) < 4.78 is 39.5. The quantitative estimate of drug-likeness (QED) is 0.538. The molecule has 0 aliphatic heterocycles. The maximum absolute atomic E-state index is 12.7. The number of hydrogen-bond donors (Lipinski definition) is 1. The second-order valence-corrected chi connectivity index (χ2v) is 4.05. The minimum Gasteiger partial charge on any atom is -0.386 e. The first-order valence-corrected chi connectivity index (χ1v) is 5.90. The summed E-state index contributed by atoms with van der Waals surface area (Å²) in [5.41, 5.74) is 4.99. The highest BCUT2D eigenvalue weighted by molar-refractivity contribution is 6.28. The van der Waals surface area contributed by atoms with E-state index >= 15 is 0 Å². The van der Waals surface area contributed by atoms with Crippen molar-refractivity contribution in [1.29, 1.82) is 0 Å². The van der Waals surface area contributed by atoms with Crippen molar-refractivity contribution in [2.45, 2.75) is 6.18 Å². The Labute approximate surface area is 116 Å². The summed E-state index contributed by atoms with van der Waals surface area (Å²) in [6, 6.07) is 3.07. The van der Waals surface area contributed by atoms with E-state index in [1.54, 1.807) is 0 Å². The van der Waals surface area contributed by atoms with Gasteiger partial charge in [-0.3, -0.25) is 0 Å². The Kier molecular flexibility index (Phi) is 3.93. The standard InChI is InChI=1S/C11H9ClF3N5/c12-4-10(16)19-8-3-7(11(13,14)15)1-2-9(8)20-6-17-5-18-20/h1-3,5-6H,4H2,(H2,16,19). The van der Waals surface area contributed by atoms with E-state index in [-0.39, 0.29) is 17.4 Å². The van der Waals surface area contributed by atoms with Gasteiger partial charge in [0.05, 0.1) is 22.8 Å². The van der Waals surface area contributed by atoms with Crippen LogP contribution in [-0.2, 0) is 6.18 Å². The number of nitrogens with two attached hydrogens (primary N) is 1. The Morgan fingerprint density at radius 1 is 1.40 bits per heavy atom. The molecule has 106 valence electrons. The van der Waals surface area contributed by atoms with E-state index in [4.69, 9.17) is 17.3 Å². The van der Waals surface area contributed by atoms with Crippen molar-refractivity contribution in [1.82, 2.24) is 14.8 Å². The monoisotopic (exact) mass is 303 g/mol. The Morgan fingerprint density at radius 3 is 2.70 bits per heavy atom. The molecule has 0 spiro atoms. The summed E-state index contributed by atoms with van der Waals surface area (Å²) in [6.07, 6.45) is -1.87. The highest BCUT2D eigenvalue weighted by Gasteiger charge is 2.31. The van der Waals surface area contributed by atoms with Gasteiger partial charge in [-0.2, -0.15) is 18.3 Å². The van der Waals surface area contributed by atoms with Gasteiger partial charge in [0, 0.05) is 0 Å². The number of alkyl halides is 4. The third-order valence-corrected chi connectivity index (χ3v) is 2.64. The third kappa shape index (κ3) is 3.08. The minimum absolute atomic E-state index is 0.00681. The molecule has 1 heterocycles. The molecular formula is C11H9ClF3N5. The highest BCUT2D eigenvalue weighted by atomic mass is 35.5. The molecule has 0 amide bonds. The topological polar surface area (TPSA) is 69.1 Å². The molecule has 9 heteroatoms. The average Bonchev–Trinajstić information content (AvgIpc) is 2.91. The Hall–Kier alpha value is -2.09. The molecule has 0 atom stereocenters. The molecule has 0 fully saturated rings. The molecule has 1 aromatic heterocycles. The van der Waals surface area contributed by atoms with Crippen molar-refractivity contribution in [3.63, 3.8) is 0 Å². The van der Waals surface area contributed by atoms with Crippen molar-refractivity contribution < 1.29 is 13.2 Å². The molecule has 0 bridgehead atoms. The van der Waals surface area contributed by atoms with E-state index in [2.05, 4.69) is 15.1 Å². The summed E-state index contributed by atoms with van der Waals surface area (Å²) in [7, 11) is 0. The largest absolute Gasteiger partial charge is 0.416 e. The number of halogens is 4. The molecular weight excluding hydrogens is 295 g/mol. The molecule has 20 heavy (non-hydrogen) atoms. The second kappa shape index (κ2) is 5.49. The first-order chi connectivity index (χ1) is 9.41. The molecule has 2 N–H and O–H groups in total. The minimum atomic E-state index is -4.47. The van der Waals surface area contributed by atoms with Gasteiger partial charge in [-0.15, -0.1) is 11.6 Å². The average molecular weight is 304 g/mol. The predicted octanol–water partition coefficient (Wildman–Crippen LogP) is 2.51. The first kappa shape index (κ1) is 14.3. The van der Waals surface area contributed by atoms with E-state index in [1.807, 2.05) is 0 Å². The fraction of sp³-hybridized carbons (Fsp3) is 0.182. The van der Waals surface area contributed by atoms with Crippen LogP contribution in [0.15, 0.2) is 35.8 Å². The highest BCUT2D eigenvalue weighted by Crippen LogP contribution is 2.34. The smallest absolute Gasteiger partial charge is 0.386 e. The molecule has 0 unspecified atom stereocenters. The van der Waals surface area contributed by atoms with Gasteiger partial charge in [0.25, 0.3) is 0 Å². The number of nitrogens with zero attached hydrogens (tertiary/aromatic N) is 4. The normalized spacial score (nSPS) is 12.7. The molecule has 0 radical (unpaired) electrons. The van der Waals surface area contributed by atoms with Crippen LogP contribution >= 0.6 is 11.6 Å². The van der Waals surface area contributed by atoms with Crippen LogP contribution in [0.2, 0.25) is 0 Å². The zero-order valence-corrected chi connectivity index (χ0v) is 10.7. The van der Waals surface area contributed by atoms with E-state index in [0.29, 0.717) is 5.69 Å². The van der Waals surface area contributed by atoms with Crippen molar-refractivity contribution in [3.8, 4) is 5.69 Å². The Morgan fingerprint density at radius 2 is 2.15 bits per heavy atom. The lowest BCUT2D eigenvalue weighted by molar-refractivity contribution is -0.137. The molecule has 0 aliphatic carbocycles. The van der Waals surface area contributed by atoms with Crippen LogP contribution < -0.4 is 5.73 Å². The fourth-order valence-electron chi connectivity index (χ4n) is 1.50. The SMILES string of the molecule is NC(CCl)=Nc1cc(C(F)(F)F)ccc1-n1cncn1. The van der Waals surface area contributed by atoms with Crippen molar-refractivity contribution in [3.05, 3.63) is 36.4 Å². The van der Waals surface area contributed by atoms with Gasteiger partial charge in [-0.1, -0.05) is 0 Å². The summed E-state index contributed by atoms with van der Waals surface area (Å²) >= 11 is 5.50. The molecule has 0 saturated carbocycles. The lowest BCUT2D eigenvalue weighted by atomic mass is 10.1. The van der Waals surface area contributed by atoms with Crippen LogP contribution in [0.1, 0.15) is 5.56 Å². The Bertz CT molecular complexity index is 621. The lowest BCUT2D eigenvalue weighted by Crippen LogP contribution is -2.13. The van der Waals surface area contributed by atoms with Crippen LogP contribution in [0.4, 0.5) is 18.9 Å². The summed E-state index contributed by atoms with van der Waals surface area (Å²) in [4.78, 5) is 7.62. The van der Waals surface area contributed by atoms with Gasteiger partial charge in [0.2, 0.25) is 0 Å². The van der Waals surface area contributed by atoms with Crippen molar-refractivity contribution in [2.24, 2.45) is 10.7 Å². The van der Waals surface area contributed by atoms with Gasteiger partial charge in [-0.05, 0) is 18.2 Å². The van der Waals surface area contributed by atoms with E-state index in [9.17, 15) is 13.2 Å². The molecule has 2 rings (SSSR count). The van der Waals surface area contributed by atoms with E-state index in [0.717, 1.165) is 12.1 Å². The molecule has 5 nitrogen and oxygen atoms in total. The van der Waals surface area contributed by atoms with E-state index < -0.39 is 11.7 Å². The molecule has 0 saturated heterocycles. The molecule has 1 aromatic carbocycles. The van der Waals surface area contributed by atoms with Gasteiger partial charge in [0.15, 0.2) is 0 Å². The zero-order chi connectivity index (χ0) is 14.8. The summed E-state index contributed by atoms with van der Waals surface area (Å²) in [6.45, 7) is 0. The number of hydrogen-bond acceptors (Lipinski definition) is 3. The maximum Gasteiger partial charge on any atom is 0.416 e. The summed E-state index contributed by atoms with van der Waals surface area (Å²) in [5.74, 6) is -0.0834. The van der Waals surface area contributed by atoms with Crippen molar-refractivity contribution >= 4 is 23.1 Å². The number of rotatable bonds is 3. The third-order valence-electron chi connectivity index (χ3n) is 2.37. The number of aliphatic imine (C=N–C) groups is 1. The van der Waals surface area contributed by atoms with Gasteiger partial charge in [-0.25, -0.2) is 14.7 Å². The number of benzene rings is 1. The number of amidine groups is 1. The van der Waals surface area contributed by atoms with E-state index in [1.165, 1.54) is 23.4 Å². The number of aromatic nitrogens is 3. The molecule has 0 aliphatic rings. The van der Waals surface area contributed by atoms with Crippen LogP contribution in [0.5, 0.6) is 0 Å². The lowest BCUT2D eigenvalue weighted by Gasteiger charge is -2.11. The summed E-state index contributed by atoms with van der Waals surface area (Å²) in [5, 5.41) is 3.85. The maximum atomic E-state index is 12.7. The first-order valence-electron chi connectivity index (χ1n) is 5.37. The Balaban J connectivity index is 2.58. The van der Waals surface area contributed by atoms with Crippen molar-refractivity contribution in [2.75, 3.05) is 5.88 Å². The van der Waals surface area contributed by atoms with Crippen LogP contribution in [-0.4, -0.2) is 26.5 Å². The fourth-order valence-corrected chi connectivity index (χ4v) is 1.56. The van der Waals surface area contributed by atoms with Crippen LogP contribution in [0.3, 0.4) is 0 Å². The van der Waals surface area contributed by atoms with Crippen LogP contribution in [0.25, 0.3) is 5.69 Å². The van der Waals surface area contributed by atoms with Crippen LogP contribution in [0, 0.1) is 0 Å². The van der Waals surface area contributed by atoms with Gasteiger partial charge in [0.1, 0.15) is 18.5 Å². The second-order valence-electron chi connectivity index (χ2n) is 3.78. The van der Waals surface area contributed by atoms with Gasteiger partial charge >= 0.3 is 6.18 Å². The van der Waals surface area contributed by atoms with Gasteiger partial charge < -0.3 is 5.73 Å².